The van der Waals surface area contributed by atoms with Gasteiger partial charge in [-0.2, -0.15) is 0 Å². The summed E-state index contributed by atoms with van der Waals surface area (Å²) in [5.74, 6) is -0.00864. The highest BCUT2D eigenvalue weighted by atomic mass is 16.5. The summed E-state index contributed by atoms with van der Waals surface area (Å²) in [7, 11) is 0. The van der Waals surface area contributed by atoms with Gasteiger partial charge in [0.2, 0.25) is 5.91 Å². The highest BCUT2D eigenvalue weighted by molar-refractivity contribution is 5.76. The number of unbranched alkanes of at least 4 members (excludes halogenated alkanes) is 63. The summed E-state index contributed by atoms with van der Waals surface area (Å²) in [4.78, 5) is 24.7. The first-order valence-corrected chi connectivity index (χ1v) is 39.9. The number of hydrogen-bond acceptors (Lipinski definition) is 5. The van der Waals surface area contributed by atoms with Crippen LogP contribution in [0.3, 0.4) is 0 Å². The van der Waals surface area contributed by atoms with Crippen LogP contribution in [0.4, 0.5) is 0 Å². The number of hydrogen-bond donors (Lipinski definition) is 3. The molecule has 0 aromatic carbocycles. The van der Waals surface area contributed by atoms with Crippen molar-refractivity contribution in [2.45, 2.75) is 475 Å². The van der Waals surface area contributed by atoms with Gasteiger partial charge in [0, 0.05) is 12.8 Å². The summed E-state index contributed by atoms with van der Waals surface area (Å²) in [5, 5.41) is 23.5. The molecule has 0 aromatic rings. The second-order valence-electron chi connectivity index (χ2n) is 27.8. The maximum absolute atomic E-state index is 12.6. The molecule has 6 heteroatoms. The van der Waals surface area contributed by atoms with E-state index < -0.39 is 12.1 Å². The Morgan fingerprint density at radius 3 is 0.826 bits per heavy atom. The Morgan fingerprint density at radius 2 is 0.547 bits per heavy atom. The molecule has 0 aromatic heterocycles. The molecule has 2 unspecified atom stereocenters. The van der Waals surface area contributed by atoms with Crippen molar-refractivity contribution in [2.24, 2.45) is 0 Å². The fourth-order valence-electron chi connectivity index (χ4n) is 13.0. The van der Waals surface area contributed by atoms with Gasteiger partial charge in [-0.25, -0.2) is 0 Å². The second kappa shape index (κ2) is 76.1. The quantitative estimate of drug-likeness (QED) is 0.0320. The van der Waals surface area contributed by atoms with Gasteiger partial charge < -0.3 is 20.3 Å². The predicted molar refractivity (Wildman–Crippen MR) is 380 cm³/mol. The van der Waals surface area contributed by atoms with E-state index in [4.69, 9.17) is 4.74 Å². The van der Waals surface area contributed by atoms with Crippen LogP contribution in [0.25, 0.3) is 0 Å². The molecule has 0 aliphatic carbocycles. The molecule has 0 radical (unpaired) electrons. The van der Waals surface area contributed by atoms with Gasteiger partial charge in [-0.1, -0.05) is 411 Å². The van der Waals surface area contributed by atoms with Gasteiger partial charge in [-0.3, -0.25) is 9.59 Å². The van der Waals surface area contributed by atoms with Crippen molar-refractivity contribution < 1.29 is 24.5 Å². The van der Waals surface area contributed by atoms with Crippen molar-refractivity contribution in [2.75, 3.05) is 13.2 Å². The lowest BCUT2D eigenvalue weighted by molar-refractivity contribution is -0.143. The molecule has 0 heterocycles. The van der Waals surface area contributed by atoms with E-state index in [0.717, 1.165) is 38.5 Å². The highest BCUT2D eigenvalue weighted by Gasteiger charge is 2.20. The average Bonchev–Trinajstić information content (AvgIpc) is 3.55. The van der Waals surface area contributed by atoms with E-state index in [0.29, 0.717) is 25.9 Å². The van der Waals surface area contributed by atoms with Crippen molar-refractivity contribution in [1.29, 1.82) is 0 Å². The molecule has 0 aliphatic rings. The Labute approximate surface area is 539 Å². The van der Waals surface area contributed by atoms with Gasteiger partial charge in [-0.15, -0.1) is 0 Å². The molecule has 0 bridgehead atoms. The molecule has 0 aliphatic heterocycles. The summed E-state index contributed by atoms with van der Waals surface area (Å²) in [6.45, 7) is 5.02. The summed E-state index contributed by atoms with van der Waals surface area (Å²) in [5.41, 5.74) is 0. The third-order valence-electron chi connectivity index (χ3n) is 19.1. The molecule has 0 rings (SSSR count). The second-order valence-corrected chi connectivity index (χ2v) is 27.8. The maximum Gasteiger partial charge on any atom is 0.305 e. The van der Waals surface area contributed by atoms with E-state index in [1.165, 1.54) is 392 Å². The van der Waals surface area contributed by atoms with Crippen LogP contribution in [-0.4, -0.2) is 47.4 Å². The van der Waals surface area contributed by atoms with Crippen LogP contribution in [0.2, 0.25) is 0 Å². The van der Waals surface area contributed by atoms with Gasteiger partial charge in [0.25, 0.3) is 0 Å². The number of carbonyl (C=O) groups is 2. The first kappa shape index (κ1) is 84.6. The molecular formula is C80H157NO5. The summed E-state index contributed by atoms with van der Waals surface area (Å²) >= 11 is 0. The standard InChI is InChI=1S/C80H157NO5/c1-3-5-7-9-11-13-15-17-19-21-23-24-25-31-34-37-40-44-48-52-56-60-64-68-72-78(83)77(76-82)81-79(84)73-69-65-61-57-53-49-45-41-38-35-32-29-27-26-28-30-33-36-39-43-47-51-55-59-63-67-71-75-86-80(85)74-70-66-62-58-54-50-46-42-22-20-18-16-14-12-10-8-6-4-2/h26-27,77-78,82-83H,3-25,28-76H2,1-2H3,(H,81,84)/b27-26-. The Bertz CT molecular complexity index is 1300. The van der Waals surface area contributed by atoms with Crippen LogP contribution < -0.4 is 5.32 Å². The number of aliphatic hydroxyl groups is 2. The predicted octanol–water partition coefficient (Wildman–Crippen LogP) is 26.3. The number of esters is 1. The summed E-state index contributed by atoms with van der Waals surface area (Å²) in [6, 6.07) is -0.543. The Morgan fingerprint density at radius 1 is 0.314 bits per heavy atom. The van der Waals surface area contributed by atoms with Crippen LogP contribution in [0, 0.1) is 0 Å². The molecule has 0 saturated carbocycles. The topological polar surface area (TPSA) is 95.9 Å². The summed E-state index contributed by atoms with van der Waals surface area (Å²) in [6.07, 6.45) is 95.8. The first-order chi connectivity index (χ1) is 42.5. The lowest BCUT2D eigenvalue weighted by atomic mass is 10.0. The third-order valence-corrected chi connectivity index (χ3v) is 19.1. The molecule has 2 atom stereocenters. The number of carbonyl (C=O) groups excluding carboxylic acids is 2. The number of aliphatic hydroxyl groups excluding tert-OH is 2. The zero-order chi connectivity index (χ0) is 62.0. The minimum atomic E-state index is -0.666. The smallest absolute Gasteiger partial charge is 0.305 e. The van der Waals surface area contributed by atoms with E-state index in [1.54, 1.807) is 0 Å². The molecule has 86 heavy (non-hydrogen) atoms. The molecule has 1 amide bonds. The fourth-order valence-corrected chi connectivity index (χ4v) is 13.0. The Balaban J connectivity index is 3.36. The zero-order valence-electron chi connectivity index (χ0n) is 58.8. The van der Waals surface area contributed by atoms with Crippen LogP contribution in [0.15, 0.2) is 12.2 Å². The lowest BCUT2D eigenvalue weighted by Gasteiger charge is -2.22. The Hall–Kier alpha value is -1.40. The van der Waals surface area contributed by atoms with Crippen molar-refractivity contribution in [1.82, 2.24) is 5.32 Å². The molecule has 512 valence electrons. The number of rotatable bonds is 76. The minimum Gasteiger partial charge on any atom is -0.466 e. The third kappa shape index (κ3) is 71.7. The average molecular weight is 1210 g/mol. The number of amides is 1. The normalized spacial score (nSPS) is 12.5. The van der Waals surface area contributed by atoms with Crippen molar-refractivity contribution in [3.05, 3.63) is 12.2 Å². The molecule has 3 N–H and O–H groups in total. The summed E-state index contributed by atoms with van der Waals surface area (Å²) < 4.78 is 5.52. The zero-order valence-corrected chi connectivity index (χ0v) is 58.8. The maximum atomic E-state index is 12.6. The van der Waals surface area contributed by atoms with Crippen molar-refractivity contribution in [3.8, 4) is 0 Å². The van der Waals surface area contributed by atoms with Crippen LogP contribution in [0.1, 0.15) is 463 Å². The van der Waals surface area contributed by atoms with Gasteiger partial charge in [-0.05, 0) is 51.4 Å². The largest absolute Gasteiger partial charge is 0.466 e. The SMILES string of the molecule is CCCCCCCCCCCCCCCCCCCCCCCCCCC(O)C(CO)NC(=O)CCCCCCCCCCCCC/C=C\CCCCCCCCCCCCCCOC(=O)CCCCCCCCCCCCCCCCCCCC. The van der Waals surface area contributed by atoms with Gasteiger partial charge in [0.05, 0.1) is 25.4 Å². The van der Waals surface area contributed by atoms with Crippen LogP contribution in [-0.2, 0) is 14.3 Å². The van der Waals surface area contributed by atoms with E-state index in [9.17, 15) is 19.8 Å². The molecular weight excluding hydrogens is 1050 g/mol. The number of allylic oxidation sites excluding steroid dienone is 2. The van der Waals surface area contributed by atoms with Crippen molar-refractivity contribution >= 4 is 11.9 Å². The highest BCUT2D eigenvalue weighted by Crippen LogP contribution is 2.20. The number of nitrogens with one attached hydrogen (secondary N) is 1. The fraction of sp³-hybridized carbons (Fsp3) is 0.950. The minimum absolute atomic E-state index is 0.0211. The molecule has 6 nitrogen and oxygen atoms in total. The lowest BCUT2D eigenvalue weighted by Crippen LogP contribution is -2.45. The Kier molecular flexibility index (Phi) is 74.8. The van der Waals surface area contributed by atoms with E-state index in [1.807, 2.05) is 0 Å². The van der Waals surface area contributed by atoms with Crippen molar-refractivity contribution in [3.63, 3.8) is 0 Å². The first-order valence-electron chi connectivity index (χ1n) is 39.9. The molecule has 0 spiro atoms. The molecule has 0 saturated heterocycles. The van der Waals surface area contributed by atoms with E-state index in [-0.39, 0.29) is 18.5 Å². The van der Waals surface area contributed by atoms with Crippen LogP contribution in [0.5, 0.6) is 0 Å². The van der Waals surface area contributed by atoms with Gasteiger partial charge >= 0.3 is 5.97 Å². The molecule has 0 fully saturated rings. The van der Waals surface area contributed by atoms with Gasteiger partial charge in [0.1, 0.15) is 0 Å². The van der Waals surface area contributed by atoms with E-state index >= 15 is 0 Å². The van der Waals surface area contributed by atoms with Crippen LogP contribution >= 0.6 is 0 Å². The van der Waals surface area contributed by atoms with Gasteiger partial charge in [0.15, 0.2) is 0 Å². The van der Waals surface area contributed by atoms with E-state index in [2.05, 4.69) is 31.3 Å². The monoisotopic (exact) mass is 1210 g/mol. The number of ether oxygens (including phenoxy) is 1.